The molecule has 0 aliphatic carbocycles. The molecule has 2 amide bonds. The summed E-state index contributed by atoms with van der Waals surface area (Å²) >= 11 is 0. The summed E-state index contributed by atoms with van der Waals surface area (Å²) in [6.07, 6.45) is -0.472. The van der Waals surface area contributed by atoms with Crippen LogP contribution >= 0.6 is 0 Å². The number of fused-ring (bicyclic) bond motifs is 1. The first kappa shape index (κ1) is 22.1. The van der Waals surface area contributed by atoms with Gasteiger partial charge in [0, 0.05) is 12.1 Å². The first-order chi connectivity index (χ1) is 14.8. The number of hydrogen-bond acceptors (Lipinski definition) is 4. The maximum Gasteiger partial charge on any atom is 0.305 e. The van der Waals surface area contributed by atoms with Crippen molar-refractivity contribution in [3.63, 3.8) is 0 Å². The molecule has 0 bridgehead atoms. The molecule has 0 spiro atoms. The van der Waals surface area contributed by atoms with Gasteiger partial charge in [0.15, 0.2) is 5.78 Å². The molecular formula is C23H23FN2O5. The Hall–Kier alpha value is -3.55. The van der Waals surface area contributed by atoms with Crippen LogP contribution in [0.4, 0.5) is 4.39 Å². The maximum atomic E-state index is 13.1. The van der Waals surface area contributed by atoms with Crippen LogP contribution in [0.2, 0.25) is 0 Å². The Balaban J connectivity index is 1.80. The fraction of sp³-hybridized carbons (Fsp3) is 0.304. The number of carbonyl (C=O) groups is 4. The quantitative estimate of drug-likeness (QED) is 0.642. The molecule has 1 aliphatic rings. The van der Waals surface area contributed by atoms with E-state index < -0.39 is 42.8 Å². The van der Waals surface area contributed by atoms with E-state index in [2.05, 4.69) is 5.32 Å². The second-order valence-electron chi connectivity index (χ2n) is 7.35. The van der Waals surface area contributed by atoms with Crippen molar-refractivity contribution in [1.82, 2.24) is 10.2 Å². The molecule has 2 aromatic rings. The first-order valence-electron chi connectivity index (χ1n) is 9.95. The predicted molar refractivity (Wildman–Crippen MR) is 111 cm³/mol. The summed E-state index contributed by atoms with van der Waals surface area (Å²) in [7, 11) is 0. The fourth-order valence-corrected chi connectivity index (χ4v) is 3.71. The maximum absolute atomic E-state index is 13.1. The van der Waals surface area contributed by atoms with E-state index in [1.165, 1.54) is 4.90 Å². The zero-order valence-electron chi connectivity index (χ0n) is 17.0. The van der Waals surface area contributed by atoms with Gasteiger partial charge in [0.1, 0.15) is 18.8 Å². The Bertz CT molecular complexity index is 1010. The number of amides is 2. The summed E-state index contributed by atoms with van der Waals surface area (Å²) in [5.41, 5.74) is 3.11. The number of benzene rings is 2. The Morgan fingerprint density at radius 3 is 2.45 bits per heavy atom. The Morgan fingerprint density at radius 2 is 1.84 bits per heavy atom. The second-order valence-corrected chi connectivity index (χ2v) is 7.35. The molecule has 0 saturated heterocycles. The van der Waals surface area contributed by atoms with Crippen LogP contribution in [0.25, 0.3) is 11.1 Å². The number of rotatable bonds is 9. The molecule has 3 rings (SSSR count). The smallest absolute Gasteiger partial charge is 0.305 e. The lowest BCUT2D eigenvalue weighted by atomic mass is 10.0. The van der Waals surface area contributed by atoms with Gasteiger partial charge in [-0.3, -0.25) is 19.2 Å². The fourth-order valence-electron chi connectivity index (χ4n) is 3.71. The number of nitrogens with one attached hydrogen (secondary N) is 1. The molecule has 7 nitrogen and oxygen atoms in total. The Labute approximate surface area is 178 Å². The van der Waals surface area contributed by atoms with E-state index in [-0.39, 0.29) is 18.9 Å². The lowest BCUT2D eigenvalue weighted by Gasteiger charge is -2.27. The van der Waals surface area contributed by atoms with Crippen LogP contribution in [0, 0.1) is 0 Å². The van der Waals surface area contributed by atoms with Crippen LogP contribution < -0.4 is 5.32 Å². The molecule has 0 fully saturated rings. The molecular weight excluding hydrogens is 403 g/mol. The summed E-state index contributed by atoms with van der Waals surface area (Å²) in [4.78, 5) is 49.9. The summed E-state index contributed by atoms with van der Waals surface area (Å²) in [6, 6.07) is 12.7. The molecule has 2 atom stereocenters. The minimum Gasteiger partial charge on any atom is -0.481 e. The zero-order valence-corrected chi connectivity index (χ0v) is 17.0. The number of hydrogen-bond donors (Lipinski definition) is 2. The van der Waals surface area contributed by atoms with Gasteiger partial charge in [-0.05, 0) is 29.2 Å². The molecule has 0 radical (unpaired) electrons. The van der Waals surface area contributed by atoms with E-state index in [1.54, 1.807) is 13.0 Å². The van der Waals surface area contributed by atoms with Gasteiger partial charge in [0.05, 0.1) is 6.42 Å². The number of Topliss-reactive ketones (excluding diaryl/α,β-unsaturated/α-hetero) is 1. The lowest BCUT2D eigenvalue weighted by molar-refractivity contribution is -0.140. The van der Waals surface area contributed by atoms with E-state index in [0.29, 0.717) is 5.56 Å². The molecule has 162 valence electrons. The van der Waals surface area contributed by atoms with Crippen molar-refractivity contribution in [2.24, 2.45) is 0 Å². The molecule has 2 aromatic carbocycles. The van der Waals surface area contributed by atoms with Crippen molar-refractivity contribution in [3.8, 4) is 11.1 Å². The van der Waals surface area contributed by atoms with Crippen molar-refractivity contribution in [3.05, 3.63) is 59.7 Å². The van der Waals surface area contributed by atoms with Crippen LogP contribution in [0.15, 0.2) is 48.5 Å². The van der Waals surface area contributed by atoms with Crippen molar-refractivity contribution in [1.29, 1.82) is 0 Å². The molecule has 2 N–H and O–H groups in total. The lowest BCUT2D eigenvalue weighted by Crippen LogP contribution is -2.52. The highest BCUT2D eigenvalue weighted by Gasteiger charge is 2.37. The van der Waals surface area contributed by atoms with Crippen LogP contribution in [-0.2, 0) is 20.9 Å². The van der Waals surface area contributed by atoms with Crippen molar-refractivity contribution in [2.75, 3.05) is 6.67 Å². The van der Waals surface area contributed by atoms with Gasteiger partial charge in [-0.25, -0.2) is 4.39 Å². The van der Waals surface area contributed by atoms with Crippen molar-refractivity contribution in [2.45, 2.75) is 38.4 Å². The molecule has 1 heterocycles. The minimum atomic E-state index is -1.48. The third-order valence-corrected chi connectivity index (χ3v) is 5.33. The summed E-state index contributed by atoms with van der Waals surface area (Å²) in [5, 5.41) is 11.2. The number of alkyl halides is 1. The van der Waals surface area contributed by atoms with Crippen LogP contribution in [0.5, 0.6) is 0 Å². The average molecular weight is 426 g/mol. The van der Waals surface area contributed by atoms with Gasteiger partial charge in [0.25, 0.3) is 5.91 Å². The number of carbonyl (C=O) groups excluding carboxylic acids is 3. The van der Waals surface area contributed by atoms with Crippen molar-refractivity contribution >= 4 is 23.6 Å². The number of carboxylic acids is 1. The van der Waals surface area contributed by atoms with E-state index in [9.17, 15) is 23.6 Å². The molecule has 31 heavy (non-hydrogen) atoms. The van der Waals surface area contributed by atoms with Gasteiger partial charge in [-0.2, -0.15) is 0 Å². The monoisotopic (exact) mass is 426 g/mol. The highest BCUT2D eigenvalue weighted by molar-refractivity contribution is 6.02. The number of nitrogens with zero attached hydrogens (tertiary/aromatic N) is 1. The largest absolute Gasteiger partial charge is 0.481 e. The third-order valence-electron chi connectivity index (χ3n) is 5.33. The molecule has 8 heteroatoms. The predicted octanol–water partition coefficient (Wildman–Crippen LogP) is 2.59. The van der Waals surface area contributed by atoms with E-state index in [4.69, 9.17) is 5.11 Å². The molecule has 0 saturated carbocycles. The normalized spacial score (nSPS) is 14.6. The third kappa shape index (κ3) is 4.79. The van der Waals surface area contributed by atoms with E-state index >= 15 is 0 Å². The average Bonchev–Trinajstić information content (AvgIpc) is 3.09. The number of halogens is 1. The van der Waals surface area contributed by atoms with Crippen LogP contribution in [0.1, 0.15) is 35.7 Å². The highest BCUT2D eigenvalue weighted by Crippen LogP contribution is 2.30. The molecule has 0 aromatic heterocycles. The van der Waals surface area contributed by atoms with Gasteiger partial charge >= 0.3 is 5.97 Å². The van der Waals surface area contributed by atoms with E-state index in [0.717, 1.165) is 16.7 Å². The number of aliphatic carboxylic acids is 1. The van der Waals surface area contributed by atoms with Gasteiger partial charge in [-0.1, -0.05) is 49.4 Å². The summed E-state index contributed by atoms with van der Waals surface area (Å²) in [6.45, 7) is 0.542. The summed E-state index contributed by atoms with van der Waals surface area (Å²) < 4.78 is 12.8. The number of ketones is 1. The topological polar surface area (TPSA) is 104 Å². The molecule has 2 unspecified atom stereocenters. The highest BCUT2D eigenvalue weighted by atomic mass is 19.1. The zero-order chi connectivity index (χ0) is 22.5. The van der Waals surface area contributed by atoms with Crippen LogP contribution in [0.3, 0.4) is 0 Å². The number of carboxylic acid groups (broad SMARTS) is 1. The standard InChI is InChI=1S/C23H23FN2O5/c1-2-19(22(30)25-18(11-21(28)29)20(27)12-24)26-13-16-9-8-15(10-17(16)23(26)31)14-6-4-3-5-7-14/h3-10,18-19H,2,11-13H2,1H3,(H,25,30)(H,28,29). The SMILES string of the molecule is CCC(C(=O)NC(CC(=O)O)C(=O)CF)N1Cc2ccc(-c3ccccc3)cc2C1=O. The minimum absolute atomic E-state index is 0.218. The van der Waals surface area contributed by atoms with Gasteiger partial charge in [-0.15, -0.1) is 0 Å². The van der Waals surface area contributed by atoms with Crippen molar-refractivity contribution < 1.29 is 28.7 Å². The Morgan fingerprint density at radius 1 is 1.13 bits per heavy atom. The van der Waals surface area contributed by atoms with E-state index in [1.807, 2.05) is 42.5 Å². The second kappa shape index (κ2) is 9.51. The summed E-state index contributed by atoms with van der Waals surface area (Å²) in [5.74, 6) is -3.35. The first-order valence-corrected chi connectivity index (χ1v) is 9.95. The van der Waals surface area contributed by atoms with Gasteiger partial charge in [0.2, 0.25) is 5.91 Å². The molecule has 1 aliphatic heterocycles. The van der Waals surface area contributed by atoms with Crippen LogP contribution in [-0.4, -0.2) is 52.3 Å². The van der Waals surface area contributed by atoms with Gasteiger partial charge < -0.3 is 15.3 Å². The Kier molecular flexibility index (Phi) is 6.79.